The number of carboxylic acid groups (broad SMARTS) is 1. The first-order valence-corrected chi connectivity index (χ1v) is 7.12. The van der Waals surface area contributed by atoms with Crippen LogP contribution in [0.3, 0.4) is 0 Å². The van der Waals surface area contributed by atoms with Crippen LogP contribution in [0.4, 0.5) is 9.59 Å². The lowest BCUT2D eigenvalue weighted by Gasteiger charge is -2.41. The highest BCUT2D eigenvalue weighted by Gasteiger charge is 2.47. The quantitative estimate of drug-likeness (QED) is 0.801. The van der Waals surface area contributed by atoms with E-state index in [0.717, 1.165) is 12.8 Å². The van der Waals surface area contributed by atoms with Crippen LogP contribution < -0.4 is 0 Å². The molecule has 1 N–H and O–H groups in total. The van der Waals surface area contributed by atoms with E-state index in [2.05, 4.69) is 0 Å². The molecule has 0 aromatic rings. The van der Waals surface area contributed by atoms with Gasteiger partial charge in [0.25, 0.3) is 0 Å². The average Bonchev–Trinajstić information content (AvgIpc) is 2.55. The van der Waals surface area contributed by atoms with Gasteiger partial charge in [-0.3, -0.25) is 0 Å². The minimum Gasteiger partial charge on any atom is -0.465 e. The molecule has 3 atom stereocenters. The molecule has 114 valence electrons. The van der Waals surface area contributed by atoms with Crippen molar-refractivity contribution in [3.63, 3.8) is 0 Å². The van der Waals surface area contributed by atoms with Crippen LogP contribution in [0.15, 0.2) is 0 Å². The van der Waals surface area contributed by atoms with Crippen LogP contribution in [0.1, 0.15) is 33.6 Å². The van der Waals surface area contributed by atoms with Crippen molar-refractivity contribution >= 4 is 12.2 Å². The third-order valence-electron chi connectivity index (χ3n) is 4.18. The molecule has 1 aliphatic heterocycles. The molecule has 0 radical (unpaired) electrons. The molecular formula is C14H24N2O4. The normalized spacial score (nSPS) is 29.2. The molecule has 2 aliphatic rings. The Labute approximate surface area is 119 Å². The van der Waals surface area contributed by atoms with Crippen molar-refractivity contribution < 1.29 is 19.4 Å². The van der Waals surface area contributed by atoms with E-state index in [1.54, 1.807) is 11.9 Å². The predicted octanol–water partition coefficient (Wildman–Crippen LogP) is 2.24. The van der Waals surface area contributed by atoms with E-state index in [0.29, 0.717) is 13.1 Å². The Kier molecular flexibility index (Phi) is 3.84. The Morgan fingerprint density at radius 3 is 2.10 bits per heavy atom. The molecule has 1 heterocycles. The molecule has 1 saturated carbocycles. The van der Waals surface area contributed by atoms with Crippen LogP contribution in [-0.2, 0) is 4.74 Å². The molecule has 2 bridgehead atoms. The van der Waals surface area contributed by atoms with Gasteiger partial charge < -0.3 is 19.6 Å². The number of amides is 2. The summed E-state index contributed by atoms with van der Waals surface area (Å²) in [6, 6.07) is 0.0976. The molecule has 0 aromatic heterocycles. The molecule has 20 heavy (non-hydrogen) atoms. The van der Waals surface area contributed by atoms with Crippen molar-refractivity contribution in [3.8, 4) is 0 Å². The van der Waals surface area contributed by atoms with Gasteiger partial charge in [0.05, 0.1) is 0 Å². The highest BCUT2D eigenvalue weighted by Crippen LogP contribution is 2.40. The Morgan fingerprint density at radius 1 is 1.20 bits per heavy atom. The summed E-state index contributed by atoms with van der Waals surface area (Å²) in [5.74, 6) is 0.449. The van der Waals surface area contributed by atoms with E-state index in [-0.39, 0.29) is 24.0 Å². The minimum absolute atomic E-state index is 0.0976. The maximum Gasteiger partial charge on any atom is 0.410 e. The van der Waals surface area contributed by atoms with E-state index >= 15 is 0 Å². The first kappa shape index (κ1) is 14.9. The third-order valence-corrected chi connectivity index (χ3v) is 4.18. The van der Waals surface area contributed by atoms with Crippen molar-refractivity contribution in [1.29, 1.82) is 0 Å². The summed E-state index contributed by atoms with van der Waals surface area (Å²) in [4.78, 5) is 26.4. The molecule has 2 rings (SSSR count). The first-order chi connectivity index (χ1) is 9.19. The fourth-order valence-corrected chi connectivity index (χ4v) is 3.44. The second-order valence-electron chi connectivity index (χ2n) is 6.87. The standard InChI is InChI=1S/C14H24N2O4/c1-14(2,3)20-13(19)15(4)11-9-5-6-10(11)8-16(7-9)12(17)18/h9-11H,5-8H2,1-4H3,(H,17,18)/t9-,10+,11+. The highest BCUT2D eigenvalue weighted by atomic mass is 16.6. The first-order valence-electron chi connectivity index (χ1n) is 7.12. The molecule has 6 heteroatoms. The largest absolute Gasteiger partial charge is 0.465 e. The van der Waals surface area contributed by atoms with Crippen LogP contribution in [0.25, 0.3) is 0 Å². The Hall–Kier alpha value is -1.46. The monoisotopic (exact) mass is 284 g/mol. The Balaban J connectivity index is 2.04. The van der Waals surface area contributed by atoms with Crippen molar-refractivity contribution in [2.75, 3.05) is 20.1 Å². The van der Waals surface area contributed by atoms with Gasteiger partial charge in [0.1, 0.15) is 5.60 Å². The molecule has 0 unspecified atom stereocenters. The number of ether oxygens (including phenoxy) is 1. The molecule has 1 saturated heterocycles. The van der Waals surface area contributed by atoms with Crippen LogP contribution in [0, 0.1) is 11.8 Å². The molecular weight excluding hydrogens is 260 g/mol. The zero-order valence-corrected chi connectivity index (χ0v) is 12.6. The van der Waals surface area contributed by atoms with Gasteiger partial charge in [0.15, 0.2) is 0 Å². The minimum atomic E-state index is -0.861. The summed E-state index contributed by atoms with van der Waals surface area (Å²) in [6.07, 6.45) is 0.779. The lowest BCUT2D eigenvalue weighted by atomic mass is 9.91. The SMILES string of the molecule is CN(C(=O)OC(C)(C)C)[C@H]1[C@@H]2CC[C@H]1CN(C(=O)O)C2. The summed E-state index contributed by atoms with van der Waals surface area (Å²) in [6.45, 7) is 6.58. The van der Waals surface area contributed by atoms with Crippen molar-refractivity contribution in [2.45, 2.75) is 45.3 Å². The predicted molar refractivity (Wildman–Crippen MR) is 73.6 cm³/mol. The van der Waals surface area contributed by atoms with Gasteiger partial charge in [-0.1, -0.05) is 0 Å². The van der Waals surface area contributed by atoms with Crippen LogP contribution in [0.2, 0.25) is 0 Å². The van der Waals surface area contributed by atoms with Crippen LogP contribution >= 0.6 is 0 Å². The zero-order chi connectivity index (χ0) is 15.1. The van der Waals surface area contributed by atoms with Crippen LogP contribution in [-0.4, -0.2) is 58.9 Å². The van der Waals surface area contributed by atoms with E-state index in [4.69, 9.17) is 9.84 Å². The van der Waals surface area contributed by atoms with Gasteiger partial charge in [-0.15, -0.1) is 0 Å². The number of fused-ring (bicyclic) bond motifs is 2. The third kappa shape index (κ3) is 2.99. The van der Waals surface area contributed by atoms with E-state index < -0.39 is 11.7 Å². The summed E-state index contributed by atoms with van der Waals surface area (Å²) < 4.78 is 5.41. The van der Waals surface area contributed by atoms with Crippen molar-refractivity contribution in [3.05, 3.63) is 0 Å². The van der Waals surface area contributed by atoms with Gasteiger partial charge in [0, 0.05) is 26.2 Å². The van der Waals surface area contributed by atoms with E-state index in [9.17, 15) is 9.59 Å². The molecule has 6 nitrogen and oxygen atoms in total. The topological polar surface area (TPSA) is 70.1 Å². The zero-order valence-electron chi connectivity index (χ0n) is 12.6. The second kappa shape index (κ2) is 5.14. The number of carbonyl (C=O) groups excluding carboxylic acids is 1. The lowest BCUT2D eigenvalue weighted by Crippen LogP contribution is -2.54. The number of piperidine rings is 1. The molecule has 1 aliphatic carbocycles. The van der Waals surface area contributed by atoms with Gasteiger partial charge in [-0.25, -0.2) is 9.59 Å². The number of hydrogen-bond acceptors (Lipinski definition) is 3. The fourth-order valence-electron chi connectivity index (χ4n) is 3.44. The van der Waals surface area contributed by atoms with Crippen LogP contribution in [0.5, 0.6) is 0 Å². The van der Waals surface area contributed by atoms with Gasteiger partial charge in [-0.05, 0) is 45.4 Å². The number of nitrogens with zero attached hydrogens (tertiary/aromatic N) is 2. The van der Waals surface area contributed by atoms with Gasteiger partial charge in [-0.2, -0.15) is 0 Å². The smallest absolute Gasteiger partial charge is 0.410 e. The Bertz CT molecular complexity index is 390. The van der Waals surface area contributed by atoms with Crippen molar-refractivity contribution in [1.82, 2.24) is 9.80 Å². The van der Waals surface area contributed by atoms with Gasteiger partial charge in [0.2, 0.25) is 0 Å². The number of hydrogen-bond donors (Lipinski definition) is 1. The lowest BCUT2D eigenvalue weighted by molar-refractivity contribution is 0.00267. The second-order valence-corrected chi connectivity index (χ2v) is 6.87. The van der Waals surface area contributed by atoms with E-state index in [1.165, 1.54) is 4.90 Å². The number of carbonyl (C=O) groups is 2. The van der Waals surface area contributed by atoms with Crippen molar-refractivity contribution in [2.24, 2.45) is 11.8 Å². The molecule has 2 amide bonds. The van der Waals surface area contributed by atoms with E-state index in [1.807, 2.05) is 20.8 Å². The maximum absolute atomic E-state index is 12.2. The highest BCUT2D eigenvalue weighted by molar-refractivity contribution is 5.69. The number of rotatable bonds is 1. The maximum atomic E-state index is 12.2. The Morgan fingerprint density at radius 2 is 1.70 bits per heavy atom. The summed E-state index contributed by atoms with van der Waals surface area (Å²) >= 11 is 0. The van der Waals surface area contributed by atoms with Gasteiger partial charge >= 0.3 is 12.2 Å². The fraction of sp³-hybridized carbons (Fsp3) is 0.857. The summed E-state index contributed by atoms with van der Waals surface area (Å²) in [5, 5.41) is 9.11. The summed E-state index contributed by atoms with van der Waals surface area (Å²) in [7, 11) is 1.76. The average molecular weight is 284 g/mol. The molecule has 0 spiro atoms. The molecule has 0 aromatic carbocycles. The number of likely N-dealkylation sites (tertiary alicyclic amines) is 1. The summed E-state index contributed by atoms with van der Waals surface area (Å²) in [5.41, 5.74) is -0.508. The molecule has 2 fully saturated rings.